The summed E-state index contributed by atoms with van der Waals surface area (Å²) in [6.45, 7) is 15.9. The number of hydrogen-bond donors (Lipinski definition) is 0. The van der Waals surface area contributed by atoms with Crippen molar-refractivity contribution in [2.75, 3.05) is 0 Å². The maximum Gasteiger partial charge on any atom is 0.192 e. The predicted molar refractivity (Wildman–Crippen MR) is 103 cm³/mol. The van der Waals surface area contributed by atoms with Crippen LogP contribution in [0.2, 0.25) is 18.1 Å². The molecule has 0 N–H and O–H groups in total. The molecule has 25 heavy (non-hydrogen) atoms. The van der Waals surface area contributed by atoms with Crippen molar-refractivity contribution < 1.29 is 13.9 Å². The van der Waals surface area contributed by atoms with Gasteiger partial charge in [0, 0.05) is 17.4 Å². The van der Waals surface area contributed by atoms with Crippen LogP contribution in [0.15, 0.2) is 12.2 Å². The fraction of sp³-hybridized carbons (Fsp3) is 0.905. The first-order valence-corrected chi connectivity index (χ1v) is 13.1. The normalized spacial score (nSPS) is 45.3. The molecule has 0 aromatic rings. The molecule has 142 valence electrons. The van der Waals surface area contributed by atoms with Crippen LogP contribution in [0.25, 0.3) is 0 Å². The molecule has 5 aliphatic rings. The van der Waals surface area contributed by atoms with E-state index in [4.69, 9.17) is 13.9 Å². The van der Waals surface area contributed by atoms with Crippen molar-refractivity contribution in [3.63, 3.8) is 0 Å². The van der Waals surface area contributed by atoms with E-state index in [1.807, 2.05) is 0 Å². The van der Waals surface area contributed by atoms with E-state index in [9.17, 15) is 0 Å². The second-order valence-electron chi connectivity index (χ2n) is 10.9. The molecule has 3 nitrogen and oxygen atoms in total. The lowest BCUT2D eigenvalue weighted by Gasteiger charge is -2.57. The molecule has 4 aliphatic carbocycles. The Morgan fingerprint density at radius 1 is 1.12 bits per heavy atom. The largest absolute Gasteiger partial charge is 0.414 e. The first-order valence-electron chi connectivity index (χ1n) is 10.2. The van der Waals surface area contributed by atoms with E-state index < -0.39 is 14.1 Å². The van der Waals surface area contributed by atoms with Gasteiger partial charge in [0.15, 0.2) is 14.1 Å². The van der Waals surface area contributed by atoms with Crippen molar-refractivity contribution in [3.05, 3.63) is 12.2 Å². The second kappa shape index (κ2) is 5.43. The molecule has 5 rings (SSSR count). The molecule has 0 aromatic heterocycles. The van der Waals surface area contributed by atoms with Gasteiger partial charge in [0.05, 0.1) is 12.2 Å². The maximum atomic E-state index is 6.79. The van der Waals surface area contributed by atoms with E-state index in [0.717, 1.165) is 6.42 Å². The zero-order valence-electron chi connectivity index (χ0n) is 17.1. The van der Waals surface area contributed by atoms with Crippen molar-refractivity contribution in [1.29, 1.82) is 0 Å². The molecule has 4 heteroatoms. The van der Waals surface area contributed by atoms with Gasteiger partial charge in [0.2, 0.25) is 0 Å². The molecule has 1 saturated heterocycles. The molecular formula is C21H36O3Si. The second-order valence-corrected chi connectivity index (χ2v) is 15.6. The number of hydrogen-bond acceptors (Lipinski definition) is 3. The lowest BCUT2D eigenvalue weighted by atomic mass is 9.51. The first kappa shape index (κ1) is 18.2. The summed E-state index contributed by atoms with van der Waals surface area (Å²) in [5.41, 5.74) is 0.181. The average molecular weight is 365 g/mol. The molecule has 0 aromatic carbocycles. The van der Waals surface area contributed by atoms with Gasteiger partial charge in [-0.25, -0.2) is 0 Å². The van der Waals surface area contributed by atoms with Crippen LogP contribution in [0, 0.1) is 17.3 Å². The van der Waals surface area contributed by atoms with Gasteiger partial charge >= 0.3 is 0 Å². The molecule has 2 saturated carbocycles. The van der Waals surface area contributed by atoms with E-state index in [1.165, 1.54) is 19.3 Å². The molecule has 2 bridgehead atoms. The predicted octanol–water partition coefficient (Wildman–Crippen LogP) is 5.27. The first-order chi connectivity index (χ1) is 11.4. The molecule has 3 fully saturated rings. The Morgan fingerprint density at radius 2 is 1.84 bits per heavy atom. The van der Waals surface area contributed by atoms with Crippen molar-refractivity contribution in [1.82, 2.24) is 0 Å². The summed E-state index contributed by atoms with van der Waals surface area (Å²) in [5, 5.41) is 0.283. The lowest BCUT2D eigenvalue weighted by Crippen LogP contribution is -2.59. The summed E-state index contributed by atoms with van der Waals surface area (Å²) in [7, 11) is -1.70. The Labute approximate surface area is 154 Å². The van der Waals surface area contributed by atoms with Crippen LogP contribution in [0.1, 0.15) is 60.3 Å². The molecular weight excluding hydrogens is 328 g/mol. The van der Waals surface area contributed by atoms with Crippen LogP contribution in [0.3, 0.4) is 0 Å². The van der Waals surface area contributed by atoms with Gasteiger partial charge in [-0.2, -0.15) is 0 Å². The van der Waals surface area contributed by atoms with Crippen LogP contribution < -0.4 is 0 Å². The minimum atomic E-state index is -1.70. The van der Waals surface area contributed by atoms with Crippen LogP contribution in [-0.4, -0.2) is 32.4 Å². The lowest BCUT2D eigenvalue weighted by molar-refractivity contribution is -0.159. The van der Waals surface area contributed by atoms with E-state index in [2.05, 4.69) is 59.9 Å². The topological polar surface area (TPSA) is 27.7 Å². The minimum absolute atomic E-state index is 0.181. The highest BCUT2D eigenvalue weighted by Gasteiger charge is 2.63. The van der Waals surface area contributed by atoms with Gasteiger partial charge in [0.1, 0.15) is 0 Å². The van der Waals surface area contributed by atoms with Gasteiger partial charge in [-0.1, -0.05) is 32.9 Å². The van der Waals surface area contributed by atoms with Gasteiger partial charge in [-0.3, -0.25) is 0 Å². The van der Waals surface area contributed by atoms with Crippen LogP contribution in [-0.2, 0) is 13.9 Å². The van der Waals surface area contributed by atoms with Crippen LogP contribution in [0.4, 0.5) is 0 Å². The fourth-order valence-electron chi connectivity index (χ4n) is 5.45. The monoisotopic (exact) mass is 364 g/mol. The standard InChI is InChI=1S/C21H36O3Si/c1-19(2,3)25(6,7)24-16-9-11-21-10-8-14(12-15(21)13-16)17-18(21)23-20(4,5)22-17/h8,10,14-18H,9,11-13H2,1-7H3/t14-,15-,16-,17-,18-,21-/m0/s1. The van der Waals surface area contributed by atoms with E-state index in [0.29, 0.717) is 17.9 Å². The Kier molecular flexibility index (Phi) is 3.96. The summed E-state index contributed by atoms with van der Waals surface area (Å²) in [5.74, 6) is 0.769. The number of rotatable bonds is 2. The third-order valence-corrected chi connectivity index (χ3v) is 12.3. The molecule has 0 amide bonds. The maximum absolute atomic E-state index is 6.79. The summed E-state index contributed by atoms with van der Waals surface area (Å²) in [6.07, 6.45) is 10.6. The Balaban J connectivity index is 1.52. The quantitative estimate of drug-likeness (QED) is 0.493. The van der Waals surface area contributed by atoms with Crippen molar-refractivity contribution in [2.24, 2.45) is 17.3 Å². The van der Waals surface area contributed by atoms with Crippen LogP contribution in [0.5, 0.6) is 0 Å². The van der Waals surface area contributed by atoms with Crippen molar-refractivity contribution in [3.8, 4) is 0 Å². The zero-order valence-corrected chi connectivity index (χ0v) is 18.1. The minimum Gasteiger partial charge on any atom is -0.414 e. The summed E-state index contributed by atoms with van der Waals surface area (Å²) >= 11 is 0. The van der Waals surface area contributed by atoms with Gasteiger partial charge in [0.25, 0.3) is 0 Å². The third kappa shape index (κ3) is 2.79. The smallest absolute Gasteiger partial charge is 0.192 e. The molecule has 1 heterocycles. The number of ether oxygens (including phenoxy) is 2. The van der Waals surface area contributed by atoms with Gasteiger partial charge in [-0.15, -0.1) is 0 Å². The SMILES string of the molecule is CC1(C)O[C@H]2[C@H]3C=C[C@@]4(CC[C@H](O[Si](C)(C)C(C)(C)C)C[C@@H]4C3)[C@H]2O1. The molecule has 1 aliphatic heterocycles. The summed E-state index contributed by atoms with van der Waals surface area (Å²) in [6, 6.07) is 0. The summed E-state index contributed by atoms with van der Waals surface area (Å²) < 4.78 is 19.5. The Morgan fingerprint density at radius 3 is 2.52 bits per heavy atom. The van der Waals surface area contributed by atoms with E-state index in [1.54, 1.807) is 0 Å². The highest BCUT2D eigenvalue weighted by Crippen LogP contribution is 2.61. The molecule has 1 spiro atoms. The zero-order chi connectivity index (χ0) is 18.3. The van der Waals surface area contributed by atoms with Gasteiger partial charge in [-0.05, 0) is 63.6 Å². The van der Waals surface area contributed by atoms with E-state index >= 15 is 0 Å². The Bertz CT molecular complexity index is 576. The van der Waals surface area contributed by atoms with E-state index in [-0.39, 0.29) is 22.7 Å². The fourth-order valence-corrected chi connectivity index (χ4v) is 6.85. The molecule has 0 unspecified atom stereocenters. The molecule has 6 atom stereocenters. The average Bonchev–Trinajstić information content (AvgIpc) is 2.82. The third-order valence-electron chi connectivity index (χ3n) is 7.77. The van der Waals surface area contributed by atoms with Gasteiger partial charge < -0.3 is 13.9 Å². The summed E-state index contributed by atoms with van der Waals surface area (Å²) in [4.78, 5) is 0. The van der Waals surface area contributed by atoms with Crippen LogP contribution >= 0.6 is 0 Å². The van der Waals surface area contributed by atoms with Crippen molar-refractivity contribution >= 4 is 8.32 Å². The highest BCUT2D eigenvalue weighted by molar-refractivity contribution is 6.74. The van der Waals surface area contributed by atoms with Crippen molar-refractivity contribution in [2.45, 2.75) is 103 Å². The molecule has 0 radical (unpaired) electrons. The Hall–Kier alpha value is -0.163. The highest BCUT2D eigenvalue weighted by atomic mass is 28.4.